The highest BCUT2D eigenvalue weighted by Gasteiger charge is 2.30. The van der Waals surface area contributed by atoms with E-state index in [4.69, 9.17) is 0 Å². The van der Waals surface area contributed by atoms with Gasteiger partial charge in [0.25, 0.3) is 11.5 Å². The van der Waals surface area contributed by atoms with Gasteiger partial charge in [-0.3, -0.25) is 19.0 Å². The van der Waals surface area contributed by atoms with Crippen LogP contribution < -0.4 is 10.9 Å². The molecule has 160 valence electrons. The van der Waals surface area contributed by atoms with Crippen molar-refractivity contribution < 1.29 is 19.1 Å². The first-order valence-corrected chi connectivity index (χ1v) is 10.0. The van der Waals surface area contributed by atoms with E-state index in [2.05, 4.69) is 10.4 Å². The average Bonchev–Trinajstić information content (AvgIpc) is 3.36. The lowest BCUT2D eigenvalue weighted by Gasteiger charge is -2.33. The summed E-state index contributed by atoms with van der Waals surface area (Å²) in [6.45, 7) is 4.33. The normalized spacial score (nSPS) is 17.1. The third kappa shape index (κ3) is 3.69. The van der Waals surface area contributed by atoms with Gasteiger partial charge >= 0.3 is 0 Å². The van der Waals surface area contributed by atoms with Crippen LogP contribution in [0.4, 0.5) is 4.39 Å². The number of nitrogens with zero attached hydrogens (tertiary/aromatic N) is 4. The number of rotatable bonds is 6. The SMILES string of the molecule is CC(C)Cn1c(O)c(C(=O)NC2CC2)c(=O)n2ncc(/C=C/C(=O)N3CC(F)C3)c12. The molecule has 0 unspecified atom stereocenters. The predicted octanol–water partition coefficient (Wildman–Crippen LogP) is 0.943. The molecule has 0 aromatic carbocycles. The van der Waals surface area contributed by atoms with Crippen molar-refractivity contribution in [3.05, 3.63) is 33.8 Å². The number of aromatic hydroxyl groups is 1. The van der Waals surface area contributed by atoms with Crippen LogP contribution in [0, 0.1) is 5.92 Å². The Kier molecular flexibility index (Phi) is 5.08. The molecule has 4 rings (SSSR count). The van der Waals surface area contributed by atoms with Gasteiger partial charge < -0.3 is 15.3 Å². The Morgan fingerprint density at radius 1 is 1.37 bits per heavy atom. The Morgan fingerprint density at radius 3 is 2.67 bits per heavy atom. The Morgan fingerprint density at radius 2 is 2.07 bits per heavy atom. The molecule has 1 aliphatic carbocycles. The first-order valence-electron chi connectivity index (χ1n) is 10.0. The monoisotopic (exact) mass is 417 g/mol. The van der Waals surface area contributed by atoms with Crippen LogP contribution in [0.15, 0.2) is 17.1 Å². The van der Waals surface area contributed by atoms with Gasteiger partial charge in [-0.1, -0.05) is 13.8 Å². The first-order chi connectivity index (χ1) is 14.3. The number of amides is 2. The standard InChI is InChI=1S/C20H24FN5O4/c1-11(2)8-25-18-12(3-6-15(27)24-9-13(21)10-24)7-22-26(18)20(30)16(19(25)29)17(28)23-14-4-5-14/h3,6-7,11,13-14,29H,4-5,8-10H2,1-2H3,(H,23,28)/b6-3+. The minimum atomic E-state index is -0.993. The molecule has 2 aliphatic rings. The summed E-state index contributed by atoms with van der Waals surface area (Å²) in [6, 6.07) is 0.0260. The number of aromatic nitrogens is 3. The maximum Gasteiger partial charge on any atom is 0.291 e. The van der Waals surface area contributed by atoms with E-state index in [1.54, 1.807) is 0 Å². The van der Waals surface area contributed by atoms with Gasteiger partial charge in [0.1, 0.15) is 11.8 Å². The van der Waals surface area contributed by atoms with E-state index in [0.29, 0.717) is 12.1 Å². The third-order valence-corrected chi connectivity index (χ3v) is 5.15. The van der Waals surface area contributed by atoms with Crippen LogP contribution in [0.1, 0.15) is 42.6 Å². The van der Waals surface area contributed by atoms with Crippen molar-refractivity contribution in [1.29, 1.82) is 0 Å². The summed E-state index contributed by atoms with van der Waals surface area (Å²) in [5, 5.41) is 17.6. The zero-order valence-corrected chi connectivity index (χ0v) is 16.8. The maximum absolute atomic E-state index is 13.0. The van der Waals surface area contributed by atoms with Crippen LogP contribution in [0.25, 0.3) is 11.7 Å². The molecule has 2 amide bonds. The molecule has 0 radical (unpaired) electrons. The van der Waals surface area contributed by atoms with Crippen molar-refractivity contribution in [2.45, 2.75) is 45.4 Å². The molecule has 10 heteroatoms. The van der Waals surface area contributed by atoms with Crippen LogP contribution >= 0.6 is 0 Å². The van der Waals surface area contributed by atoms with Gasteiger partial charge in [0, 0.05) is 24.2 Å². The van der Waals surface area contributed by atoms with Crippen LogP contribution in [-0.2, 0) is 11.3 Å². The van der Waals surface area contributed by atoms with E-state index < -0.39 is 23.5 Å². The van der Waals surface area contributed by atoms with E-state index in [9.17, 15) is 23.9 Å². The van der Waals surface area contributed by atoms with Gasteiger partial charge in [-0.2, -0.15) is 9.61 Å². The summed E-state index contributed by atoms with van der Waals surface area (Å²) in [7, 11) is 0. The molecular weight excluding hydrogens is 393 g/mol. The highest BCUT2D eigenvalue weighted by molar-refractivity contribution is 5.97. The van der Waals surface area contributed by atoms with Crippen LogP contribution in [0.2, 0.25) is 0 Å². The molecule has 2 fully saturated rings. The van der Waals surface area contributed by atoms with E-state index in [1.165, 1.54) is 27.8 Å². The molecule has 1 saturated heterocycles. The van der Waals surface area contributed by atoms with Gasteiger partial charge in [-0.05, 0) is 24.8 Å². The van der Waals surface area contributed by atoms with E-state index >= 15 is 0 Å². The predicted molar refractivity (Wildman–Crippen MR) is 107 cm³/mol. The number of halogens is 1. The summed E-state index contributed by atoms with van der Waals surface area (Å²) >= 11 is 0. The highest BCUT2D eigenvalue weighted by atomic mass is 19.1. The minimum absolute atomic E-state index is 0.0260. The van der Waals surface area contributed by atoms with Crippen molar-refractivity contribution in [1.82, 2.24) is 24.4 Å². The fourth-order valence-corrected chi connectivity index (χ4v) is 3.42. The highest BCUT2D eigenvalue weighted by Crippen LogP contribution is 2.24. The van der Waals surface area contributed by atoms with Crippen molar-refractivity contribution >= 4 is 23.5 Å². The molecule has 1 saturated carbocycles. The molecule has 0 bridgehead atoms. The lowest BCUT2D eigenvalue weighted by atomic mass is 10.1. The molecule has 2 aromatic rings. The quantitative estimate of drug-likeness (QED) is 0.680. The minimum Gasteiger partial charge on any atom is -0.494 e. The Bertz CT molecular complexity index is 1090. The number of hydrogen-bond donors (Lipinski definition) is 2. The van der Waals surface area contributed by atoms with Gasteiger partial charge in [0.05, 0.1) is 19.3 Å². The van der Waals surface area contributed by atoms with Gasteiger partial charge in [0.2, 0.25) is 11.8 Å². The van der Waals surface area contributed by atoms with Crippen molar-refractivity contribution in [3.63, 3.8) is 0 Å². The molecule has 0 atom stereocenters. The number of hydrogen-bond acceptors (Lipinski definition) is 5. The van der Waals surface area contributed by atoms with Crippen molar-refractivity contribution in [3.8, 4) is 5.88 Å². The molecule has 2 N–H and O–H groups in total. The average molecular weight is 417 g/mol. The molecule has 1 aliphatic heterocycles. The zero-order chi connectivity index (χ0) is 21.6. The first kappa shape index (κ1) is 20.1. The Balaban J connectivity index is 1.77. The number of nitrogens with one attached hydrogen (secondary N) is 1. The topological polar surface area (TPSA) is 109 Å². The van der Waals surface area contributed by atoms with Crippen LogP contribution in [-0.4, -0.2) is 61.3 Å². The summed E-state index contributed by atoms with van der Waals surface area (Å²) < 4.78 is 15.5. The van der Waals surface area contributed by atoms with Gasteiger partial charge in [0.15, 0.2) is 5.56 Å². The Labute approximate surface area is 171 Å². The molecule has 2 aromatic heterocycles. The lowest BCUT2D eigenvalue weighted by Crippen LogP contribution is -2.50. The smallest absolute Gasteiger partial charge is 0.291 e. The second-order valence-electron chi connectivity index (χ2n) is 8.27. The zero-order valence-electron chi connectivity index (χ0n) is 16.8. The number of fused-ring (bicyclic) bond motifs is 1. The number of likely N-dealkylation sites (tertiary alicyclic amines) is 1. The fourth-order valence-electron chi connectivity index (χ4n) is 3.42. The summed E-state index contributed by atoms with van der Waals surface area (Å²) in [6.07, 6.45) is 4.87. The summed E-state index contributed by atoms with van der Waals surface area (Å²) in [4.78, 5) is 39.0. The molecule has 0 spiro atoms. The maximum atomic E-state index is 13.0. The second kappa shape index (κ2) is 7.58. The lowest BCUT2D eigenvalue weighted by molar-refractivity contribution is -0.132. The fraction of sp³-hybridized carbons (Fsp3) is 0.500. The summed E-state index contributed by atoms with van der Waals surface area (Å²) in [5.74, 6) is -1.30. The molecular formula is C20H24FN5O4. The number of alkyl halides is 1. The number of carbonyl (C=O) groups excluding carboxylic acids is 2. The van der Waals surface area contributed by atoms with Gasteiger partial charge in [-0.15, -0.1) is 0 Å². The van der Waals surface area contributed by atoms with Gasteiger partial charge in [-0.25, -0.2) is 4.39 Å². The van der Waals surface area contributed by atoms with Crippen LogP contribution in [0.5, 0.6) is 5.88 Å². The second-order valence-corrected chi connectivity index (χ2v) is 8.27. The third-order valence-electron chi connectivity index (χ3n) is 5.15. The Hall–Kier alpha value is -3.17. The van der Waals surface area contributed by atoms with Crippen molar-refractivity contribution in [2.24, 2.45) is 5.92 Å². The largest absolute Gasteiger partial charge is 0.494 e. The molecule has 3 heterocycles. The van der Waals surface area contributed by atoms with E-state index in [0.717, 1.165) is 17.4 Å². The van der Waals surface area contributed by atoms with E-state index in [-0.39, 0.29) is 42.2 Å². The number of carbonyl (C=O) groups is 2. The molecule has 30 heavy (non-hydrogen) atoms. The van der Waals surface area contributed by atoms with E-state index in [1.807, 2.05) is 13.8 Å². The van der Waals surface area contributed by atoms with Crippen LogP contribution in [0.3, 0.4) is 0 Å². The molecule has 9 nitrogen and oxygen atoms in total. The summed E-state index contributed by atoms with van der Waals surface area (Å²) in [5.41, 5.74) is -0.359. The van der Waals surface area contributed by atoms with Crippen molar-refractivity contribution in [2.75, 3.05) is 13.1 Å².